The van der Waals surface area contributed by atoms with E-state index in [4.69, 9.17) is 9.47 Å². The number of rotatable bonds is 6. The molecule has 0 saturated carbocycles. The van der Waals surface area contributed by atoms with Gasteiger partial charge in [-0.3, -0.25) is 9.59 Å². The molecule has 2 rings (SSSR count). The van der Waals surface area contributed by atoms with Crippen molar-refractivity contribution in [3.63, 3.8) is 0 Å². The van der Waals surface area contributed by atoms with E-state index in [0.717, 1.165) is 5.56 Å². The molecule has 1 saturated heterocycles. The molecule has 130 valence electrons. The van der Waals surface area contributed by atoms with Gasteiger partial charge in [-0.15, -0.1) is 0 Å². The Balaban J connectivity index is 1.98. The van der Waals surface area contributed by atoms with Crippen molar-refractivity contribution < 1.29 is 24.2 Å². The molecule has 1 aliphatic heterocycles. The predicted molar refractivity (Wildman–Crippen MR) is 90.1 cm³/mol. The summed E-state index contributed by atoms with van der Waals surface area (Å²) in [5.41, 5.74) is 0.103. The molecule has 0 aromatic heterocycles. The molecule has 1 aliphatic rings. The summed E-state index contributed by atoms with van der Waals surface area (Å²) in [5.74, 6) is -0.0611. The molecule has 0 spiro atoms. The first-order valence-electron chi connectivity index (χ1n) is 7.84. The van der Waals surface area contributed by atoms with Crippen LogP contribution in [0.15, 0.2) is 24.3 Å². The van der Waals surface area contributed by atoms with Crippen molar-refractivity contribution in [1.82, 2.24) is 4.90 Å². The zero-order valence-electron chi connectivity index (χ0n) is 14.2. The average Bonchev–Trinajstić information content (AvgIpc) is 2.97. The molecule has 0 radical (unpaired) electrons. The third-order valence-corrected chi connectivity index (χ3v) is 4.24. The molecule has 0 aliphatic carbocycles. The fourth-order valence-electron chi connectivity index (χ4n) is 2.68. The van der Waals surface area contributed by atoms with E-state index in [1.54, 1.807) is 20.1 Å². The second kappa shape index (κ2) is 7.38. The second-order valence-electron chi connectivity index (χ2n) is 6.13. The molecule has 1 aromatic rings. The SMILES string of the molecule is CC=Cc1ccc(OCC(=O)N2CCC(C)(C(=O)O)C2)c(OC)c1. The number of amides is 1. The fourth-order valence-corrected chi connectivity index (χ4v) is 2.68. The Bertz CT molecular complexity index is 655. The second-order valence-corrected chi connectivity index (χ2v) is 6.13. The average molecular weight is 333 g/mol. The highest BCUT2D eigenvalue weighted by Gasteiger charge is 2.42. The number of benzene rings is 1. The van der Waals surface area contributed by atoms with E-state index in [-0.39, 0.29) is 19.1 Å². The Hall–Kier alpha value is -2.50. The molecule has 0 bridgehead atoms. The minimum atomic E-state index is -0.875. The van der Waals surface area contributed by atoms with Crippen molar-refractivity contribution in [3.05, 3.63) is 29.8 Å². The topological polar surface area (TPSA) is 76.1 Å². The first-order valence-corrected chi connectivity index (χ1v) is 7.84. The van der Waals surface area contributed by atoms with Crippen LogP contribution in [0, 0.1) is 5.41 Å². The fraction of sp³-hybridized carbons (Fsp3) is 0.444. The summed E-state index contributed by atoms with van der Waals surface area (Å²) < 4.78 is 10.9. The van der Waals surface area contributed by atoms with Gasteiger partial charge in [-0.05, 0) is 38.0 Å². The zero-order valence-corrected chi connectivity index (χ0v) is 14.2. The summed E-state index contributed by atoms with van der Waals surface area (Å²) in [6.07, 6.45) is 4.31. The van der Waals surface area contributed by atoms with Crippen LogP contribution in [0.3, 0.4) is 0 Å². The summed E-state index contributed by atoms with van der Waals surface area (Å²) in [5, 5.41) is 9.23. The number of hydrogen-bond acceptors (Lipinski definition) is 4. The molecule has 1 aromatic carbocycles. The number of carbonyl (C=O) groups excluding carboxylic acids is 1. The molecule has 6 heteroatoms. The Morgan fingerprint density at radius 3 is 2.71 bits per heavy atom. The van der Waals surface area contributed by atoms with Crippen LogP contribution in [0.2, 0.25) is 0 Å². The molecule has 1 amide bonds. The molecule has 1 atom stereocenters. The number of carboxylic acids is 1. The van der Waals surface area contributed by atoms with E-state index in [1.165, 1.54) is 4.90 Å². The van der Waals surface area contributed by atoms with Crippen LogP contribution < -0.4 is 9.47 Å². The molecule has 1 heterocycles. The summed E-state index contributed by atoms with van der Waals surface area (Å²) in [7, 11) is 1.54. The molecule has 6 nitrogen and oxygen atoms in total. The third kappa shape index (κ3) is 3.88. The standard InChI is InChI=1S/C18H23NO5/c1-4-5-13-6-7-14(15(10-13)23-3)24-11-16(20)19-9-8-18(2,12-19)17(21)22/h4-7,10H,8-9,11-12H2,1-3H3,(H,21,22). The number of likely N-dealkylation sites (tertiary alicyclic amines) is 1. The van der Waals surface area contributed by atoms with E-state index in [2.05, 4.69) is 0 Å². The quantitative estimate of drug-likeness (QED) is 0.865. The Morgan fingerprint density at radius 2 is 2.12 bits per heavy atom. The maximum atomic E-state index is 12.3. The summed E-state index contributed by atoms with van der Waals surface area (Å²) in [6.45, 7) is 4.09. The van der Waals surface area contributed by atoms with Crippen molar-refractivity contribution in [2.75, 3.05) is 26.8 Å². The summed E-state index contributed by atoms with van der Waals surface area (Å²) in [4.78, 5) is 25.0. The van der Waals surface area contributed by atoms with E-state index in [9.17, 15) is 14.7 Å². The van der Waals surface area contributed by atoms with Crippen molar-refractivity contribution in [2.45, 2.75) is 20.3 Å². The van der Waals surface area contributed by atoms with E-state index >= 15 is 0 Å². The highest BCUT2D eigenvalue weighted by atomic mass is 16.5. The highest BCUT2D eigenvalue weighted by molar-refractivity contribution is 5.81. The van der Waals surface area contributed by atoms with Crippen LogP contribution in [-0.2, 0) is 9.59 Å². The van der Waals surface area contributed by atoms with E-state index < -0.39 is 11.4 Å². The number of nitrogens with zero attached hydrogens (tertiary/aromatic N) is 1. The van der Waals surface area contributed by atoms with E-state index in [0.29, 0.717) is 24.5 Å². The Labute approximate surface area is 141 Å². The number of aliphatic carboxylic acids is 1. The number of methoxy groups -OCH3 is 1. The van der Waals surface area contributed by atoms with Gasteiger partial charge in [0.15, 0.2) is 18.1 Å². The lowest BCUT2D eigenvalue weighted by atomic mass is 9.90. The van der Waals surface area contributed by atoms with E-state index in [1.807, 2.05) is 31.2 Å². The van der Waals surface area contributed by atoms with Crippen LogP contribution in [-0.4, -0.2) is 48.7 Å². The summed E-state index contributed by atoms with van der Waals surface area (Å²) >= 11 is 0. The monoisotopic (exact) mass is 333 g/mol. The molecule has 1 N–H and O–H groups in total. The van der Waals surface area contributed by atoms with Gasteiger partial charge in [-0.2, -0.15) is 0 Å². The lowest BCUT2D eigenvalue weighted by Gasteiger charge is -2.20. The number of ether oxygens (including phenoxy) is 2. The minimum Gasteiger partial charge on any atom is -0.493 e. The van der Waals surface area contributed by atoms with Gasteiger partial charge in [0.2, 0.25) is 0 Å². The molecule has 1 unspecified atom stereocenters. The van der Waals surface area contributed by atoms with Crippen molar-refractivity contribution in [3.8, 4) is 11.5 Å². The Kier molecular flexibility index (Phi) is 5.49. The van der Waals surface area contributed by atoms with Gasteiger partial charge in [0, 0.05) is 13.1 Å². The van der Waals surface area contributed by atoms with Gasteiger partial charge in [0.25, 0.3) is 5.91 Å². The molecule has 24 heavy (non-hydrogen) atoms. The first-order chi connectivity index (χ1) is 11.4. The zero-order chi connectivity index (χ0) is 17.7. The van der Waals surface area contributed by atoms with Crippen LogP contribution in [0.25, 0.3) is 6.08 Å². The first kappa shape index (κ1) is 17.8. The third-order valence-electron chi connectivity index (χ3n) is 4.24. The summed E-state index contributed by atoms with van der Waals surface area (Å²) in [6, 6.07) is 5.46. The van der Waals surface area contributed by atoms with Crippen molar-refractivity contribution >= 4 is 18.0 Å². The van der Waals surface area contributed by atoms with Gasteiger partial charge in [0.05, 0.1) is 12.5 Å². The van der Waals surface area contributed by atoms with Gasteiger partial charge >= 0.3 is 5.97 Å². The van der Waals surface area contributed by atoms with Crippen LogP contribution in [0.5, 0.6) is 11.5 Å². The van der Waals surface area contributed by atoms with Gasteiger partial charge < -0.3 is 19.5 Å². The maximum Gasteiger partial charge on any atom is 0.311 e. The van der Waals surface area contributed by atoms with Crippen LogP contribution in [0.4, 0.5) is 0 Å². The van der Waals surface area contributed by atoms with Crippen molar-refractivity contribution in [1.29, 1.82) is 0 Å². The lowest BCUT2D eigenvalue weighted by molar-refractivity contribution is -0.147. The highest BCUT2D eigenvalue weighted by Crippen LogP contribution is 2.31. The lowest BCUT2D eigenvalue weighted by Crippen LogP contribution is -2.37. The largest absolute Gasteiger partial charge is 0.493 e. The Morgan fingerprint density at radius 1 is 1.38 bits per heavy atom. The normalized spacial score (nSPS) is 20.4. The van der Waals surface area contributed by atoms with Crippen LogP contribution in [0.1, 0.15) is 25.8 Å². The molecular weight excluding hydrogens is 310 g/mol. The molecule has 1 fully saturated rings. The van der Waals surface area contributed by atoms with Gasteiger partial charge in [-0.1, -0.05) is 18.2 Å². The van der Waals surface area contributed by atoms with Crippen molar-refractivity contribution in [2.24, 2.45) is 5.41 Å². The maximum absolute atomic E-state index is 12.3. The van der Waals surface area contributed by atoms with Gasteiger partial charge in [-0.25, -0.2) is 0 Å². The molecular formula is C18H23NO5. The van der Waals surface area contributed by atoms with Gasteiger partial charge in [0.1, 0.15) is 0 Å². The number of hydrogen-bond donors (Lipinski definition) is 1. The van der Waals surface area contributed by atoms with Crippen LogP contribution >= 0.6 is 0 Å². The minimum absolute atomic E-state index is 0.144. The predicted octanol–water partition coefficient (Wildman–Crippen LogP) is 2.43. The smallest absolute Gasteiger partial charge is 0.311 e. The number of allylic oxidation sites excluding steroid dienone is 1. The number of carboxylic acid groups (broad SMARTS) is 1. The number of carbonyl (C=O) groups is 2.